The molecule has 2 aliphatic heterocycles. The Bertz CT molecular complexity index is 542. The quantitative estimate of drug-likeness (QED) is 0.187. The van der Waals surface area contributed by atoms with Crippen molar-refractivity contribution < 1.29 is 54.7 Å². The van der Waals surface area contributed by atoms with Crippen molar-refractivity contribution in [3.05, 3.63) is 0 Å². The van der Waals surface area contributed by atoms with Crippen LogP contribution in [0.2, 0.25) is 0 Å². The van der Waals surface area contributed by atoms with E-state index in [9.17, 15) is 35.7 Å². The Labute approximate surface area is 187 Å². The highest BCUT2D eigenvalue weighted by molar-refractivity contribution is 4.94. The summed E-state index contributed by atoms with van der Waals surface area (Å²) in [6.07, 6.45) is -6.18. The molecule has 2 saturated heterocycles. The lowest BCUT2D eigenvalue weighted by atomic mass is 9.86. The third-order valence-corrected chi connectivity index (χ3v) is 6.72. The zero-order valence-electron chi connectivity index (χ0n) is 18.2. The molecule has 3 aliphatic rings. The van der Waals surface area contributed by atoms with Crippen LogP contribution in [-0.4, -0.2) is 117 Å². The summed E-state index contributed by atoms with van der Waals surface area (Å²) in [5.74, 6) is 0.691. The molecular weight excluding hydrogens is 428 g/mol. The van der Waals surface area contributed by atoms with E-state index in [1.807, 2.05) is 0 Å². The molecule has 188 valence electrons. The SMILES string of the molecule is OCC1OC(OC2C(CO)OC(OCCCC3CCCCC3)C(O)C2O)C(O)C(O)C1O. The largest absolute Gasteiger partial charge is 0.394 e. The Morgan fingerprint density at radius 2 is 1.31 bits per heavy atom. The van der Waals surface area contributed by atoms with Crippen molar-refractivity contribution in [3.8, 4) is 0 Å². The molecule has 0 amide bonds. The predicted octanol–water partition coefficient (Wildman–Crippen LogP) is -2.01. The van der Waals surface area contributed by atoms with E-state index in [-0.39, 0.29) is 0 Å². The number of hydrogen-bond donors (Lipinski definition) is 7. The highest BCUT2D eigenvalue weighted by Crippen LogP contribution is 2.30. The first kappa shape index (κ1) is 26.2. The summed E-state index contributed by atoms with van der Waals surface area (Å²) >= 11 is 0. The fourth-order valence-corrected chi connectivity index (χ4v) is 4.74. The maximum absolute atomic E-state index is 10.6. The average Bonchev–Trinajstić information content (AvgIpc) is 2.81. The third-order valence-electron chi connectivity index (χ3n) is 6.72. The van der Waals surface area contributed by atoms with Crippen molar-refractivity contribution in [3.63, 3.8) is 0 Å². The molecule has 0 bridgehead atoms. The van der Waals surface area contributed by atoms with Crippen LogP contribution in [-0.2, 0) is 18.9 Å². The van der Waals surface area contributed by atoms with Crippen LogP contribution in [0.1, 0.15) is 44.9 Å². The number of hydrogen-bond acceptors (Lipinski definition) is 11. The monoisotopic (exact) mass is 466 g/mol. The van der Waals surface area contributed by atoms with Gasteiger partial charge in [-0.3, -0.25) is 0 Å². The van der Waals surface area contributed by atoms with Gasteiger partial charge in [-0.15, -0.1) is 0 Å². The molecule has 0 aromatic heterocycles. The first-order chi connectivity index (χ1) is 15.4. The number of aliphatic hydroxyl groups is 7. The Hall–Kier alpha value is -0.440. The average molecular weight is 467 g/mol. The Kier molecular flexibility index (Phi) is 10.1. The summed E-state index contributed by atoms with van der Waals surface area (Å²) in [5, 5.41) is 70.0. The summed E-state index contributed by atoms with van der Waals surface area (Å²) in [5.41, 5.74) is 0. The Morgan fingerprint density at radius 1 is 0.688 bits per heavy atom. The number of ether oxygens (including phenoxy) is 4. The molecule has 1 saturated carbocycles. The van der Waals surface area contributed by atoms with Crippen molar-refractivity contribution in [2.24, 2.45) is 5.92 Å². The highest BCUT2D eigenvalue weighted by Gasteiger charge is 2.50. The lowest BCUT2D eigenvalue weighted by Crippen LogP contribution is -2.64. The summed E-state index contributed by atoms with van der Waals surface area (Å²) in [7, 11) is 0. The summed E-state index contributed by atoms with van der Waals surface area (Å²) in [4.78, 5) is 0. The smallest absolute Gasteiger partial charge is 0.187 e. The lowest BCUT2D eigenvalue weighted by molar-refractivity contribution is -0.359. The van der Waals surface area contributed by atoms with E-state index < -0.39 is 74.6 Å². The van der Waals surface area contributed by atoms with Gasteiger partial charge in [-0.2, -0.15) is 0 Å². The second kappa shape index (κ2) is 12.3. The minimum atomic E-state index is -1.69. The summed E-state index contributed by atoms with van der Waals surface area (Å²) < 4.78 is 22.0. The fourth-order valence-electron chi connectivity index (χ4n) is 4.74. The molecule has 0 aromatic rings. The van der Waals surface area contributed by atoms with Crippen molar-refractivity contribution in [1.29, 1.82) is 0 Å². The molecular formula is C21H38O11. The minimum absolute atomic E-state index is 0.335. The van der Waals surface area contributed by atoms with Crippen molar-refractivity contribution in [2.75, 3.05) is 19.8 Å². The van der Waals surface area contributed by atoms with Gasteiger partial charge in [-0.05, 0) is 18.8 Å². The Morgan fingerprint density at radius 3 is 1.97 bits per heavy atom. The molecule has 7 N–H and O–H groups in total. The van der Waals surface area contributed by atoms with Gasteiger partial charge in [0.1, 0.15) is 48.8 Å². The predicted molar refractivity (Wildman–Crippen MR) is 108 cm³/mol. The maximum Gasteiger partial charge on any atom is 0.187 e. The van der Waals surface area contributed by atoms with Gasteiger partial charge in [0.15, 0.2) is 12.6 Å². The maximum atomic E-state index is 10.6. The van der Waals surface area contributed by atoms with Gasteiger partial charge in [0.05, 0.1) is 13.2 Å². The van der Waals surface area contributed by atoms with Crippen molar-refractivity contribution in [2.45, 2.75) is 106 Å². The molecule has 0 spiro atoms. The van der Waals surface area contributed by atoms with Crippen LogP contribution in [0.25, 0.3) is 0 Å². The Balaban J connectivity index is 1.52. The van der Waals surface area contributed by atoms with Crippen molar-refractivity contribution >= 4 is 0 Å². The van der Waals surface area contributed by atoms with Gasteiger partial charge in [0.25, 0.3) is 0 Å². The molecule has 1 aliphatic carbocycles. The zero-order valence-corrected chi connectivity index (χ0v) is 18.2. The standard InChI is InChI=1S/C21H38O11/c22-9-12-14(24)15(25)17(27)21(30-12)32-19-13(10-23)31-20(18(28)16(19)26)29-8-4-7-11-5-2-1-3-6-11/h11-28H,1-10H2. The molecule has 3 rings (SSSR count). The third kappa shape index (κ3) is 6.16. The van der Waals surface area contributed by atoms with Crippen LogP contribution in [0, 0.1) is 5.92 Å². The highest BCUT2D eigenvalue weighted by atomic mass is 16.7. The second-order valence-electron chi connectivity index (χ2n) is 9.02. The van der Waals surface area contributed by atoms with Gasteiger partial charge in [0, 0.05) is 6.61 Å². The molecule has 11 nitrogen and oxygen atoms in total. The van der Waals surface area contributed by atoms with Crippen LogP contribution >= 0.6 is 0 Å². The van der Waals surface area contributed by atoms with Gasteiger partial charge < -0.3 is 54.7 Å². The minimum Gasteiger partial charge on any atom is -0.394 e. The number of aliphatic hydroxyl groups excluding tert-OH is 7. The van der Waals surface area contributed by atoms with E-state index in [4.69, 9.17) is 18.9 Å². The van der Waals surface area contributed by atoms with Gasteiger partial charge in [-0.25, -0.2) is 0 Å². The number of rotatable bonds is 9. The second-order valence-corrected chi connectivity index (χ2v) is 9.02. The molecule has 2 heterocycles. The lowest BCUT2D eigenvalue weighted by Gasteiger charge is -2.45. The topological polar surface area (TPSA) is 179 Å². The molecule has 11 heteroatoms. The molecule has 10 unspecified atom stereocenters. The van der Waals surface area contributed by atoms with Crippen molar-refractivity contribution in [1.82, 2.24) is 0 Å². The summed E-state index contributed by atoms with van der Waals surface area (Å²) in [6.45, 7) is -0.882. The molecule has 0 radical (unpaired) electrons. The molecule has 0 aromatic carbocycles. The first-order valence-corrected chi connectivity index (χ1v) is 11.6. The van der Waals surface area contributed by atoms with E-state index in [0.717, 1.165) is 12.8 Å². The fraction of sp³-hybridized carbons (Fsp3) is 1.00. The zero-order chi connectivity index (χ0) is 23.3. The summed E-state index contributed by atoms with van der Waals surface area (Å²) in [6, 6.07) is 0. The van der Waals surface area contributed by atoms with Gasteiger partial charge in [-0.1, -0.05) is 32.1 Å². The van der Waals surface area contributed by atoms with E-state index in [0.29, 0.717) is 12.5 Å². The normalized spacial score (nSPS) is 44.0. The van der Waals surface area contributed by atoms with Crippen LogP contribution < -0.4 is 0 Å². The van der Waals surface area contributed by atoms with E-state index >= 15 is 0 Å². The van der Waals surface area contributed by atoms with Gasteiger partial charge >= 0.3 is 0 Å². The van der Waals surface area contributed by atoms with E-state index in [1.165, 1.54) is 32.1 Å². The molecule has 32 heavy (non-hydrogen) atoms. The first-order valence-electron chi connectivity index (χ1n) is 11.6. The van der Waals surface area contributed by atoms with Crippen LogP contribution in [0.15, 0.2) is 0 Å². The van der Waals surface area contributed by atoms with Crippen LogP contribution in [0.5, 0.6) is 0 Å². The van der Waals surface area contributed by atoms with Gasteiger partial charge in [0.2, 0.25) is 0 Å². The van der Waals surface area contributed by atoms with Crippen LogP contribution in [0.3, 0.4) is 0 Å². The molecule has 3 fully saturated rings. The van der Waals surface area contributed by atoms with Crippen LogP contribution in [0.4, 0.5) is 0 Å². The van der Waals surface area contributed by atoms with E-state index in [2.05, 4.69) is 0 Å². The van der Waals surface area contributed by atoms with E-state index in [1.54, 1.807) is 0 Å². The molecule has 10 atom stereocenters.